The highest BCUT2D eigenvalue weighted by Gasteiger charge is 2.26. The van der Waals surface area contributed by atoms with Gasteiger partial charge in [0.05, 0.1) is 11.4 Å². The van der Waals surface area contributed by atoms with Gasteiger partial charge in [-0.2, -0.15) is 0 Å². The van der Waals surface area contributed by atoms with Crippen LogP contribution in [0.25, 0.3) is 10.9 Å². The summed E-state index contributed by atoms with van der Waals surface area (Å²) in [7, 11) is 4.29. The van der Waals surface area contributed by atoms with E-state index < -0.39 is 0 Å². The van der Waals surface area contributed by atoms with Crippen LogP contribution in [0.5, 0.6) is 0 Å². The van der Waals surface area contributed by atoms with E-state index >= 15 is 0 Å². The van der Waals surface area contributed by atoms with E-state index in [0.29, 0.717) is 11.9 Å². The third kappa shape index (κ3) is 2.48. The number of anilines is 1. The van der Waals surface area contributed by atoms with Crippen molar-refractivity contribution < 1.29 is 0 Å². The van der Waals surface area contributed by atoms with Crippen molar-refractivity contribution in [1.29, 1.82) is 0 Å². The monoisotopic (exact) mass is 289 g/mol. The fourth-order valence-electron chi connectivity index (χ4n) is 2.88. The lowest BCUT2D eigenvalue weighted by Gasteiger charge is -2.23. The quantitative estimate of drug-likeness (QED) is 0.810. The highest BCUT2D eigenvalue weighted by atomic mass is 35.5. The topological polar surface area (TPSA) is 19.4 Å². The molecule has 3 nitrogen and oxygen atoms in total. The molecule has 0 spiro atoms. The molecule has 3 rings (SSSR count). The van der Waals surface area contributed by atoms with E-state index in [-0.39, 0.29) is 0 Å². The van der Waals surface area contributed by atoms with Crippen molar-refractivity contribution in [3.63, 3.8) is 0 Å². The van der Waals surface area contributed by atoms with Crippen molar-refractivity contribution in [3.8, 4) is 0 Å². The number of hydrogen-bond acceptors (Lipinski definition) is 3. The maximum absolute atomic E-state index is 6.13. The number of fused-ring (bicyclic) bond motifs is 1. The summed E-state index contributed by atoms with van der Waals surface area (Å²) >= 11 is 6.13. The van der Waals surface area contributed by atoms with Crippen molar-refractivity contribution in [1.82, 2.24) is 9.88 Å². The molecule has 1 saturated heterocycles. The zero-order chi connectivity index (χ0) is 14.1. The summed E-state index contributed by atoms with van der Waals surface area (Å²) in [5.74, 6) is 1.57. The van der Waals surface area contributed by atoms with Crippen molar-refractivity contribution in [2.24, 2.45) is 0 Å². The van der Waals surface area contributed by atoms with E-state index in [1.807, 2.05) is 12.1 Å². The summed E-state index contributed by atoms with van der Waals surface area (Å²) in [4.78, 5) is 9.51. The molecule has 1 fully saturated rings. The molecule has 1 unspecified atom stereocenters. The molecule has 0 bridgehead atoms. The molecule has 1 aliphatic rings. The van der Waals surface area contributed by atoms with Crippen LogP contribution >= 0.6 is 11.6 Å². The van der Waals surface area contributed by atoms with Gasteiger partial charge in [0, 0.05) is 30.1 Å². The first-order chi connectivity index (χ1) is 9.69. The van der Waals surface area contributed by atoms with Crippen molar-refractivity contribution in [2.75, 3.05) is 32.1 Å². The summed E-state index contributed by atoms with van der Waals surface area (Å²) in [6, 6.07) is 11.0. The number of benzene rings is 1. The predicted molar refractivity (Wildman–Crippen MR) is 85.6 cm³/mol. The molecule has 20 heavy (non-hydrogen) atoms. The molecule has 0 saturated carbocycles. The number of nitrogens with zero attached hydrogens (tertiary/aromatic N) is 3. The fourth-order valence-corrected chi connectivity index (χ4v) is 3.07. The third-order valence-electron chi connectivity index (χ3n) is 4.12. The molecule has 1 aliphatic heterocycles. The summed E-state index contributed by atoms with van der Waals surface area (Å²) in [6.45, 7) is 2.08. The van der Waals surface area contributed by atoms with Gasteiger partial charge in [-0.3, -0.25) is 0 Å². The van der Waals surface area contributed by atoms with Gasteiger partial charge >= 0.3 is 0 Å². The number of pyridine rings is 1. The van der Waals surface area contributed by atoms with Crippen LogP contribution in [0.2, 0.25) is 0 Å². The van der Waals surface area contributed by atoms with Gasteiger partial charge < -0.3 is 9.80 Å². The Balaban J connectivity index is 1.98. The Morgan fingerprint density at radius 2 is 2.15 bits per heavy atom. The van der Waals surface area contributed by atoms with E-state index in [2.05, 4.69) is 42.1 Å². The van der Waals surface area contributed by atoms with Gasteiger partial charge in [-0.1, -0.05) is 18.2 Å². The molecule has 4 heteroatoms. The molecule has 1 aromatic carbocycles. The molecule has 1 atom stereocenters. The van der Waals surface area contributed by atoms with Gasteiger partial charge in [0.2, 0.25) is 0 Å². The average molecular weight is 290 g/mol. The lowest BCUT2D eigenvalue weighted by molar-refractivity contribution is 0.315. The number of halogens is 1. The Labute approximate surface area is 125 Å². The number of rotatable bonds is 3. The van der Waals surface area contributed by atoms with E-state index in [1.54, 1.807) is 0 Å². The largest absolute Gasteiger partial charge is 0.355 e. The van der Waals surface area contributed by atoms with E-state index in [9.17, 15) is 0 Å². The molecule has 0 radical (unpaired) electrons. The normalized spacial score (nSPS) is 19.2. The molecule has 1 aromatic heterocycles. The second kappa shape index (κ2) is 5.58. The van der Waals surface area contributed by atoms with Gasteiger partial charge in [0.1, 0.15) is 5.82 Å². The zero-order valence-electron chi connectivity index (χ0n) is 12.0. The predicted octanol–water partition coefficient (Wildman–Crippen LogP) is 3.11. The fraction of sp³-hybridized carbons (Fsp3) is 0.438. The number of para-hydroxylation sites is 1. The van der Waals surface area contributed by atoms with Gasteiger partial charge in [0.15, 0.2) is 0 Å². The molecule has 0 amide bonds. The average Bonchev–Trinajstić information content (AvgIpc) is 2.95. The Bertz CT molecular complexity index is 612. The standard InChI is InChI=1S/C16H20ClN3/c1-19(2)14-7-8-20(11-14)16-13(10-17)9-12-5-3-4-6-15(12)18-16/h3-6,9,14H,7-8,10-11H2,1-2H3. The van der Waals surface area contributed by atoms with Crippen LogP contribution in [-0.2, 0) is 5.88 Å². The molecule has 0 aliphatic carbocycles. The minimum Gasteiger partial charge on any atom is -0.355 e. The van der Waals surface area contributed by atoms with Gasteiger partial charge in [0.25, 0.3) is 0 Å². The lowest BCUT2D eigenvalue weighted by Crippen LogP contribution is -2.32. The summed E-state index contributed by atoms with van der Waals surface area (Å²) in [6.07, 6.45) is 1.18. The Hall–Kier alpha value is -1.32. The highest BCUT2D eigenvalue weighted by molar-refractivity contribution is 6.17. The SMILES string of the molecule is CN(C)C1CCN(c2nc3ccccc3cc2CCl)C1. The first-order valence-electron chi connectivity index (χ1n) is 7.05. The van der Waals surface area contributed by atoms with Crippen LogP contribution in [0, 0.1) is 0 Å². The van der Waals surface area contributed by atoms with Crippen LogP contribution in [0.4, 0.5) is 5.82 Å². The Morgan fingerprint density at radius 3 is 2.85 bits per heavy atom. The van der Waals surface area contributed by atoms with E-state index in [1.165, 1.54) is 6.42 Å². The lowest BCUT2D eigenvalue weighted by atomic mass is 10.1. The smallest absolute Gasteiger partial charge is 0.133 e. The zero-order valence-corrected chi connectivity index (χ0v) is 12.8. The van der Waals surface area contributed by atoms with Crippen LogP contribution < -0.4 is 4.90 Å². The molecule has 2 heterocycles. The maximum atomic E-state index is 6.13. The molecular formula is C16H20ClN3. The highest BCUT2D eigenvalue weighted by Crippen LogP contribution is 2.28. The van der Waals surface area contributed by atoms with Crippen molar-refractivity contribution >= 4 is 28.3 Å². The van der Waals surface area contributed by atoms with Gasteiger partial charge in [-0.05, 0) is 32.6 Å². The number of aromatic nitrogens is 1. The molecular weight excluding hydrogens is 270 g/mol. The minimum absolute atomic E-state index is 0.510. The van der Waals surface area contributed by atoms with Gasteiger partial charge in [-0.25, -0.2) is 4.98 Å². The van der Waals surface area contributed by atoms with Crippen molar-refractivity contribution in [3.05, 3.63) is 35.9 Å². The Morgan fingerprint density at radius 1 is 1.35 bits per heavy atom. The Kier molecular flexibility index (Phi) is 3.81. The second-order valence-corrected chi connectivity index (χ2v) is 5.92. The van der Waals surface area contributed by atoms with Crippen LogP contribution in [0.1, 0.15) is 12.0 Å². The number of hydrogen-bond donors (Lipinski definition) is 0. The van der Waals surface area contributed by atoms with Crippen molar-refractivity contribution in [2.45, 2.75) is 18.3 Å². The summed E-state index contributed by atoms with van der Waals surface area (Å²) < 4.78 is 0. The summed E-state index contributed by atoms with van der Waals surface area (Å²) in [5, 5.41) is 1.16. The molecule has 2 aromatic rings. The van der Waals surface area contributed by atoms with Gasteiger partial charge in [-0.15, -0.1) is 11.6 Å². The second-order valence-electron chi connectivity index (χ2n) is 5.65. The summed E-state index contributed by atoms with van der Waals surface area (Å²) in [5.41, 5.74) is 2.18. The van der Waals surface area contributed by atoms with E-state index in [4.69, 9.17) is 16.6 Å². The maximum Gasteiger partial charge on any atom is 0.133 e. The van der Waals surface area contributed by atoms with E-state index in [0.717, 1.165) is 35.4 Å². The first kappa shape index (κ1) is 13.7. The van der Waals surface area contributed by atoms with Crippen LogP contribution in [0.3, 0.4) is 0 Å². The number of alkyl halides is 1. The third-order valence-corrected chi connectivity index (χ3v) is 4.41. The molecule has 0 N–H and O–H groups in total. The molecule has 106 valence electrons. The van der Waals surface area contributed by atoms with Crippen LogP contribution in [0.15, 0.2) is 30.3 Å². The number of likely N-dealkylation sites (N-methyl/N-ethyl adjacent to an activating group) is 1. The minimum atomic E-state index is 0.510. The van der Waals surface area contributed by atoms with Crippen LogP contribution in [-0.4, -0.2) is 43.1 Å². The first-order valence-corrected chi connectivity index (χ1v) is 7.58.